The van der Waals surface area contributed by atoms with Gasteiger partial charge >= 0.3 is 0 Å². The zero-order valence-corrected chi connectivity index (χ0v) is 18.2. The predicted octanol–water partition coefficient (Wildman–Crippen LogP) is 4.00. The zero-order chi connectivity index (χ0) is 20.8. The Bertz CT molecular complexity index is 891. The number of carbonyl (C=O) groups excluding carboxylic acids is 1. The Kier molecular flexibility index (Phi) is 7.48. The molecule has 1 aliphatic heterocycles. The van der Waals surface area contributed by atoms with E-state index in [1.165, 1.54) is 5.56 Å². The van der Waals surface area contributed by atoms with Crippen molar-refractivity contribution in [2.75, 3.05) is 7.05 Å². The van der Waals surface area contributed by atoms with Gasteiger partial charge in [-0.1, -0.05) is 52.6 Å². The van der Waals surface area contributed by atoms with Crippen LogP contribution in [0.15, 0.2) is 65.4 Å². The monoisotopic (exact) mass is 430 g/mol. The summed E-state index contributed by atoms with van der Waals surface area (Å²) >= 11 is 12.1. The van der Waals surface area contributed by atoms with Crippen LogP contribution >= 0.6 is 23.2 Å². The molecule has 152 valence electrons. The first kappa shape index (κ1) is 21.6. The van der Waals surface area contributed by atoms with Crippen LogP contribution in [0.2, 0.25) is 10.0 Å². The molecule has 3 rings (SSSR count). The first-order valence-corrected chi connectivity index (χ1v) is 10.5. The third-order valence-corrected chi connectivity index (χ3v) is 5.79. The molecular formula is C23H26Cl2N3O+. The highest BCUT2D eigenvalue weighted by atomic mass is 35.5. The summed E-state index contributed by atoms with van der Waals surface area (Å²) in [6.45, 7) is 2.06. The lowest BCUT2D eigenvalue weighted by atomic mass is 9.86. The second-order valence-corrected chi connectivity index (χ2v) is 8.27. The maximum Gasteiger partial charge on any atom is 0.220 e. The number of hydrogen-bond acceptors (Lipinski definition) is 2. The van der Waals surface area contributed by atoms with Gasteiger partial charge in [0.05, 0.1) is 13.3 Å². The van der Waals surface area contributed by atoms with Crippen LogP contribution < -0.4 is 10.3 Å². The van der Waals surface area contributed by atoms with Crippen LogP contribution in [0, 0.1) is 0 Å². The molecule has 2 aromatic rings. The molecule has 0 aromatic heterocycles. The SMILES string of the molecule is C[C@@H](NC(=O)CCC1=CC=N[NH+]1C)[C@H](Cc1ccc(Cl)cc1)c1ccc(Cl)cc1. The van der Waals surface area contributed by atoms with Gasteiger partial charge < -0.3 is 5.32 Å². The highest BCUT2D eigenvalue weighted by Gasteiger charge is 2.23. The van der Waals surface area contributed by atoms with Gasteiger partial charge in [-0.2, -0.15) is 5.01 Å². The molecule has 1 heterocycles. The summed E-state index contributed by atoms with van der Waals surface area (Å²) in [5, 5.41) is 9.83. The first-order valence-electron chi connectivity index (χ1n) is 9.79. The smallest absolute Gasteiger partial charge is 0.220 e. The summed E-state index contributed by atoms with van der Waals surface area (Å²) in [6, 6.07) is 15.7. The van der Waals surface area contributed by atoms with E-state index < -0.39 is 0 Å². The van der Waals surface area contributed by atoms with E-state index in [2.05, 4.69) is 17.3 Å². The van der Waals surface area contributed by atoms with Crippen molar-refractivity contribution >= 4 is 35.3 Å². The third-order valence-electron chi connectivity index (χ3n) is 5.29. The van der Waals surface area contributed by atoms with Crippen molar-refractivity contribution in [3.63, 3.8) is 0 Å². The number of allylic oxidation sites excluding steroid dienone is 2. The fraction of sp³-hybridized carbons (Fsp3) is 0.304. The predicted molar refractivity (Wildman–Crippen MR) is 120 cm³/mol. The molecule has 1 amide bonds. The molecule has 2 aromatic carbocycles. The van der Waals surface area contributed by atoms with E-state index in [0.717, 1.165) is 27.7 Å². The Labute approximate surface area is 182 Å². The molecule has 3 atom stereocenters. The average molecular weight is 431 g/mol. The van der Waals surface area contributed by atoms with Crippen LogP contribution in [0.5, 0.6) is 0 Å². The number of carbonyl (C=O) groups is 1. The molecule has 2 N–H and O–H groups in total. The highest BCUT2D eigenvalue weighted by Crippen LogP contribution is 2.27. The molecule has 0 bridgehead atoms. The summed E-state index contributed by atoms with van der Waals surface area (Å²) < 4.78 is 0. The van der Waals surface area contributed by atoms with Gasteiger partial charge in [0.25, 0.3) is 0 Å². The van der Waals surface area contributed by atoms with E-state index in [0.29, 0.717) is 17.9 Å². The lowest BCUT2D eigenvalue weighted by Gasteiger charge is -2.26. The maximum atomic E-state index is 12.6. The Morgan fingerprint density at radius 3 is 2.28 bits per heavy atom. The van der Waals surface area contributed by atoms with Gasteiger partial charge in [0.15, 0.2) is 0 Å². The van der Waals surface area contributed by atoms with E-state index in [-0.39, 0.29) is 17.9 Å². The van der Waals surface area contributed by atoms with Crippen LogP contribution in [0.25, 0.3) is 0 Å². The Hall–Kier alpha value is -2.14. The van der Waals surface area contributed by atoms with Crippen molar-refractivity contribution in [2.45, 2.75) is 38.1 Å². The van der Waals surface area contributed by atoms with E-state index >= 15 is 0 Å². The molecule has 0 saturated carbocycles. The van der Waals surface area contributed by atoms with Crippen LogP contribution in [0.1, 0.15) is 36.8 Å². The molecule has 29 heavy (non-hydrogen) atoms. The molecule has 4 nitrogen and oxygen atoms in total. The number of benzene rings is 2. The highest BCUT2D eigenvalue weighted by molar-refractivity contribution is 6.30. The minimum atomic E-state index is -0.0294. The summed E-state index contributed by atoms with van der Waals surface area (Å²) in [5.74, 6) is 0.174. The topological polar surface area (TPSA) is 45.9 Å². The van der Waals surface area contributed by atoms with E-state index in [9.17, 15) is 4.79 Å². The lowest BCUT2D eigenvalue weighted by Crippen LogP contribution is -3.01. The average Bonchev–Trinajstić information content (AvgIpc) is 3.11. The number of quaternary nitrogens is 1. The van der Waals surface area contributed by atoms with E-state index in [4.69, 9.17) is 23.2 Å². The summed E-state index contributed by atoms with van der Waals surface area (Å²) in [7, 11) is 1.97. The molecule has 1 unspecified atom stereocenters. The quantitative estimate of drug-likeness (QED) is 0.652. The van der Waals surface area contributed by atoms with Gasteiger partial charge in [0, 0.05) is 40.9 Å². The van der Waals surface area contributed by atoms with Gasteiger partial charge in [0.1, 0.15) is 5.70 Å². The molecule has 6 heteroatoms. The summed E-state index contributed by atoms with van der Waals surface area (Å²) in [6.07, 6.45) is 5.71. The summed E-state index contributed by atoms with van der Waals surface area (Å²) in [5.41, 5.74) is 3.45. The first-order chi connectivity index (χ1) is 13.9. The van der Waals surface area contributed by atoms with Crippen LogP contribution in [0.3, 0.4) is 0 Å². The zero-order valence-electron chi connectivity index (χ0n) is 16.7. The summed E-state index contributed by atoms with van der Waals surface area (Å²) in [4.78, 5) is 12.6. The Morgan fingerprint density at radius 2 is 1.69 bits per heavy atom. The van der Waals surface area contributed by atoms with Gasteiger partial charge in [0.2, 0.25) is 5.91 Å². The Balaban J connectivity index is 1.67. The molecule has 0 fully saturated rings. The molecule has 0 spiro atoms. The van der Waals surface area contributed by atoms with Crippen molar-refractivity contribution in [3.8, 4) is 0 Å². The number of nitrogens with one attached hydrogen (secondary N) is 2. The van der Waals surface area contributed by atoms with Gasteiger partial charge in [-0.05, 0) is 48.7 Å². The van der Waals surface area contributed by atoms with Crippen LogP contribution in [-0.2, 0) is 11.2 Å². The van der Waals surface area contributed by atoms with Gasteiger partial charge in [-0.3, -0.25) is 4.79 Å². The molecule has 0 aliphatic carbocycles. The lowest BCUT2D eigenvalue weighted by molar-refractivity contribution is -0.844. The number of amides is 1. The minimum Gasteiger partial charge on any atom is -0.353 e. The number of rotatable bonds is 8. The van der Waals surface area contributed by atoms with Gasteiger partial charge in [-0.25, -0.2) is 0 Å². The van der Waals surface area contributed by atoms with Crippen LogP contribution in [-0.4, -0.2) is 25.2 Å². The van der Waals surface area contributed by atoms with Crippen molar-refractivity contribution in [2.24, 2.45) is 5.10 Å². The van der Waals surface area contributed by atoms with Gasteiger partial charge in [-0.15, -0.1) is 0 Å². The fourth-order valence-corrected chi connectivity index (χ4v) is 3.80. The van der Waals surface area contributed by atoms with Crippen molar-refractivity contribution < 1.29 is 9.80 Å². The molecule has 0 radical (unpaired) electrons. The fourth-order valence-electron chi connectivity index (χ4n) is 3.55. The third kappa shape index (κ3) is 6.17. The molecule has 0 saturated heterocycles. The second kappa shape index (κ2) is 10.1. The van der Waals surface area contributed by atoms with E-state index in [1.807, 2.05) is 61.7 Å². The van der Waals surface area contributed by atoms with Crippen molar-refractivity contribution in [3.05, 3.63) is 81.5 Å². The largest absolute Gasteiger partial charge is 0.353 e. The van der Waals surface area contributed by atoms with Crippen LogP contribution in [0.4, 0.5) is 0 Å². The van der Waals surface area contributed by atoms with Crippen molar-refractivity contribution in [1.29, 1.82) is 0 Å². The standard InChI is InChI=1S/C23H25Cl2N3O/c1-16(27-23(29)12-11-21-13-14-26-28(21)2)22(18-5-9-20(25)10-6-18)15-17-3-7-19(24)8-4-17/h3-10,13-14,16,22H,11-12,15H2,1-2H3,(H,27,29)/p+1/t16-,22+/m1/s1. The normalized spacial score (nSPS) is 17.7. The molecule has 1 aliphatic rings. The number of nitrogens with zero attached hydrogens (tertiary/aromatic N) is 1. The number of halogens is 2. The minimum absolute atomic E-state index is 0.0294. The van der Waals surface area contributed by atoms with Crippen molar-refractivity contribution in [1.82, 2.24) is 5.32 Å². The molecular weight excluding hydrogens is 405 g/mol. The Morgan fingerprint density at radius 1 is 1.07 bits per heavy atom. The number of hydrogen-bond donors (Lipinski definition) is 2. The van der Waals surface area contributed by atoms with E-state index in [1.54, 1.807) is 6.21 Å². The maximum absolute atomic E-state index is 12.6. The second-order valence-electron chi connectivity index (χ2n) is 7.40.